The number of hydrogen-bond acceptors (Lipinski definition) is 6. The Balaban J connectivity index is 0.777. The topological polar surface area (TPSA) is 140 Å². The quantitative estimate of drug-likeness (QED) is 0.206. The second-order valence-corrected chi connectivity index (χ2v) is 26.0. The Bertz CT molecular complexity index is 1770. The Morgan fingerprint density at radius 1 is 0.439 bits per heavy atom. The number of nitrogens with two attached hydrogens (primary N) is 1. The van der Waals surface area contributed by atoms with Crippen molar-refractivity contribution in [3.8, 4) is 0 Å². The summed E-state index contributed by atoms with van der Waals surface area (Å²) in [6.45, 7) is 5.89. The van der Waals surface area contributed by atoms with Crippen molar-refractivity contribution < 1.29 is 23.9 Å². The molecule has 16 fully saturated rings. The average Bonchev–Trinajstić information content (AvgIpc) is 3.04. The van der Waals surface area contributed by atoms with Crippen LogP contribution in [0, 0.1) is 69.0 Å². The Morgan fingerprint density at radius 2 is 0.719 bits per heavy atom. The Kier molecular flexibility index (Phi) is 7.21. The van der Waals surface area contributed by atoms with E-state index >= 15 is 9.59 Å². The molecular formula is C48H70N4O5. The molecule has 57 heavy (non-hydrogen) atoms. The maximum atomic E-state index is 15.2. The van der Waals surface area contributed by atoms with Gasteiger partial charge in [0, 0.05) is 22.2 Å². The highest BCUT2D eigenvalue weighted by molar-refractivity contribution is 5.88. The molecule has 16 bridgehead atoms. The zero-order valence-corrected chi connectivity index (χ0v) is 35.2. The first-order valence-corrected chi connectivity index (χ1v) is 23.8. The summed E-state index contributed by atoms with van der Waals surface area (Å²) in [6, 6.07) is 0. The van der Waals surface area contributed by atoms with E-state index < -0.39 is 21.8 Å². The highest BCUT2D eigenvalue weighted by Crippen LogP contribution is 2.67. The third-order valence-corrected chi connectivity index (χ3v) is 19.7. The summed E-state index contributed by atoms with van der Waals surface area (Å²) >= 11 is 0. The predicted octanol–water partition coefficient (Wildman–Crippen LogP) is 6.99. The predicted molar refractivity (Wildman–Crippen MR) is 214 cm³/mol. The van der Waals surface area contributed by atoms with Crippen LogP contribution < -0.4 is 21.7 Å². The van der Waals surface area contributed by atoms with E-state index in [1.807, 2.05) is 20.8 Å². The van der Waals surface area contributed by atoms with Crippen molar-refractivity contribution in [2.45, 2.75) is 203 Å². The van der Waals surface area contributed by atoms with Gasteiger partial charge in [-0.25, -0.2) is 0 Å². The maximum Gasteiger partial charge on any atom is 0.312 e. The molecule has 0 aromatic rings. The lowest BCUT2D eigenvalue weighted by atomic mass is 9.44. The first-order chi connectivity index (χ1) is 26.8. The van der Waals surface area contributed by atoms with E-state index in [2.05, 4.69) is 16.0 Å². The minimum atomic E-state index is -0.526. The molecular weight excluding hydrogens is 713 g/mol. The molecule has 0 radical (unpaired) electrons. The summed E-state index contributed by atoms with van der Waals surface area (Å²) in [5.74, 6) is 4.59. The molecule has 0 aromatic carbocycles. The Labute approximate surface area is 340 Å². The Morgan fingerprint density at radius 3 is 1.04 bits per heavy atom. The second-order valence-electron chi connectivity index (χ2n) is 26.0. The van der Waals surface area contributed by atoms with Crippen LogP contribution >= 0.6 is 0 Å². The van der Waals surface area contributed by atoms with Gasteiger partial charge in [0.15, 0.2) is 0 Å². The molecule has 0 aliphatic heterocycles. The second kappa shape index (κ2) is 11.2. The van der Waals surface area contributed by atoms with Gasteiger partial charge in [-0.05, 0) is 222 Å². The summed E-state index contributed by atoms with van der Waals surface area (Å²) in [5, 5.41) is 11.4. The molecule has 0 heterocycles. The van der Waals surface area contributed by atoms with Crippen molar-refractivity contribution in [3.05, 3.63) is 0 Å². The summed E-state index contributed by atoms with van der Waals surface area (Å²) in [4.78, 5) is 58.6. The van der Waals surface area contributed by atoms with Crippen molar-refractivity contribution in [2.75, 3.05) is 0 Å². The molecule has 0 saturated heterocycles. The van der Waals surface area contributed by atoms with Crippen LogP contribution in [0.2, 0.25) is 0 Å². The van der Waals surface area contributed by atoms with E-state index in [9.17, 15) is 9.59 Å². The van der Waals surface area contributed by atoms with E-state index in [4.69, 9.17) is 10.5 Å². The number of carbonyl (C=O) groups excluding carboxylic acids is 4. The van der Waals surface area contributed by atoms with Crippen molar-refractivity contribution in [2.24, 2.45) is 74.7 Å². The number of nitrogens with one attached hydrogen (secondary N) is 3. The first-order valence-electron chi connectivity index (χ1n) is 23.8. The smallest absolute Gasteiger partial charge is 0.312 e. The minimum Gasteiger partial charge on any atom is -0.460 e. The van der Waals surface area contributed by atoms with E-state index in [0.717, 1.165) is 128 Å². The highest BCUT2D eigenvalue weighted by Gasteiger charge is 2.68. The van der Waals surface area contributed by atoms with Gasteiger partial charge in [-0.3, -0.25) is 19.2 Å². The van der Waals surface area contributed by atoms with Gasteiger partial charge >= 0.3 is 5.97 Å². The van der Waals surface area contributed by atoms with Crippen LogP contribution in [0.15, 0.2) is 0 Å². The number of hydrogen-bond donors (Lipinski definition) is 4. The molecule has 16 aliphatic rings. The van der Waals surface area contributed by atoms with E-state index in [-0.39, 0.29) is 51.3 Å². The van der Waals surface area contributed by atoms with Crippen molar-refractivity contribution in [1.29, 1.82) is 0 Å². The molecule has 0 spiro atoms. The lowest BCUT2D eigenvalue weighted by molar-refractivity contribution is -0.188. The molecule has 16 saturated carbocycles. The first kappa shape index (κ1) is 36.7. The van der Waals surface area contributed by atoms with Gasteiger partial charge in [-0.1, -0.05) is 0 Å². The normalized spacial score (nSPS) is 55.2. The number of esters is 1. The summed E-state index contributed by atoms with van der Waals surface area (Å²) in [7, 11) is 0. The van der Waals surface area contributed by atoms with Gasteiger partial charge in [0.25, 0.3) is 0 Å². The van der Waals surface area contributed by atoms with Crippen LogP contribution in [0.5, 0.6) is 0 Å². The molecule has 9 nitrogen and oxygen atoms in total. The fourth-order valence-corrected chi connectivity index (χ4v) is 20.1. The number of rotatable bonds is 7. The van der Waals surface area contributed by atoms with E-state index in [1.165, 1.54) is 19.3 Å². The molecule has 312 valence electrons. The monoisotopic (exact) mass is 783 g/mol. The third kappa shape index (κ3) is 5.52. The lowest BCUT2D eigenvalue weighted by Gasteiger charge is -2.65. The van der Waals surface area contributed by atoms with Gasteiger partial charge in [0.2, 0.25) is 17.7 Å². The van der Waals surface area contributed by atoms with Crippen LogP contribution in [-0.4, -0.2) is 51.4 Å². The van der Waals surface area contributed by atoms with Gasteiger partial charge in [0.05, 0.1) is 21.7 Å². The van der Waals surface area contributed by atoms with Gasteiger partial charge < -0.3 is 26.4 Å². The Hall–Kier alpha value is -2.16. The van der Waals surface area contributed by atoms with Gasteiger partial charge in [-0.2, -0.15) is 0 Å². The highest BCUT2D eigenvalue weighted by atomic mass is 16.6. The lowest BCUT2D eigenvalue weighted by Crippen LogP contribution is -2.72. The van der Waals surface area contributed by atoms with Gasteiger partial charge in [0.1, 0.15) is 5.60 Å². The standard InChI is InChI=1S/C48H70N4O5/c1-40(2,3)57-39(56)44-14-34-7-35(15-44)23-48(22-34,27-44)52-38(55)43-12-32-6-33(13-43)21-47(20-32,26-43)51-37(54)42-10-30-5-31(11-42)19-46(18-30,25-42)50-36(53)41-8-28-4-29(9-41)17-45(49,16-28)24-41/h28-35H,4-27,49H2,1-3H3,(H,50,53)(H,51,54)(H,52,55)/t28-,29+,30-,31+,32-,33+,34-,35+,41?,42?,43?,44?,45?,46?,47?,48?. The molecule has 16 aliphatic carbocycles. The third-order valence-electron chi connectivity index (χ3n) is 19.7. The van der Waals surface area contributed by atoms with Crippen LogP contribution in [0.25, 0.3) is 0 Å². The summed E-state index contributed by atoms with van der Waals surface area (Å²) in [5.41, 5.74) is 3.59. The molecule has 16 atom stereocenters. The van der Waals surface area contributed by atoms with E-state index in [1.54, 1.807) is 0 Å². The molecule has 9 heteroatoms. The van der Waals surface area contributed by atoms with Crippen LogP contribution in [0.3, 0.4) is 0 Å². The molecule has 3 amide bonds. The molecule has 8 unspecified atom stereocenters. The largest absolute Gasteiger partial charge is 0.460 e. The maximum absolute atomic E-state index is 15.2. The molecule has 0 aromatic heterocycles. The summed E-state index contributed by atoms with van der Waals surface area (Å²) in [6.07, 6.45) is 23.4. The number of carbonyl (C=O) groups is 4. The number of ether oxygens (including phenoxy) is 1. The van der Waals surface area contributed by atoms with Gasteiger partial charge in [-0.15, -0.1) is 0 Å². The fourth-order valence-electron chi connectivity index (χ4n) is 20.1. The summed E-state index contributed by atoms with van der Waals surface area (Å²) < 4.78 is 6.07. The van der Waals surface area contributed by atoms with Crippen molar-refractivity contribution in [3.63, 3.8) is 0 Å². The molecule has 5 N–H and O–H groups in total. The molecule has 16 rings (SSSR count). The van der Waals surface area contributed by atoms with Crippen LogP contribution in [-0.2, 0) is 23.9 Å². The van der Waals surface area contributed by atoms with Crippen molar-refractivity contribution >= 4 is 23.7 Å². The van der Waals surface area contributed by atoms with Crippen LogP contribution in [0.1, 0.15) is 175 Å². The van der Waals surface area contributed by atoms with Crippen molar-refractivity contribution in [1.82, 2.24) is 16.0 Å². The fraction of sp³-hybridized carbons (Fsp3) is 0.917. The SMILES string of the molecule is CC(C)(C)OC(=O)C12C[C@@H]3C[C@@H](CC(NC(=O)C45C[C@@H]6C[C@@H](CC(NC(=O)C78C[C@@H]9C[C@@H](CC(NC(=O)C%10%11C[C@@H]%12C[C@@H](CC(N)(C%12)C%10)C%11)(C9)C7)C8)(C6)C4)C5)(C3)C1)C2. The average molecular weight is 783 g/mol. The zero-order chi connectivity index (χ0) is 39.2. The minimum absolute atomic E-state index is 0.0538. The van der Waals surface area contributed by atoms with E-state index in [0.29, 0.717) is 53.8 Å². The zero-order valence-electron chi connectivity index (χ0n) is 35.2. The van der Waals surface area contributed by atoms with Crippen LogP contribution in [0.4, 0.5) is 0 Å². The number of amides is 3.